The van der Waals surface area contributed by atoms with E-state index in [0.717, 1.165) is 49.0 Å². The fourth-order valence-electron chi connectivity index (χ4n) is 2.99. The van der Waals surface area contributed by atoms with Crippen LogP contribution >= 0.6 is 35.7 Å². The van der Waals surface area contributed by atoms with Gasteiger partial charge in [0.05, 0.1) is 6.26 Å². The summed E-state index contributed by atoms with van der Waals surface area (Å²) in [6, 6.07) is 6.57. The van der Waals surface area contributed by atoms with Crippen molar-refractivity contribution in [3.63, 3.8) is 0 Å². The van der Waals surface area contributed by atoms with Crippen molar-refractivity contribution in [2.75, 3.05) is 44.7 Å². The molecule has 0 bridgehead atoms. The first kappa shape index (κ1) is 26.4. The van der Waals surface area contributed by atoms with Gasteiger partial charge in [-0.15, -0.1) is 35.7 Å². The highest BCUT2D eigenvalue weighted by molar-refractivity contribution is 14.0. The van der Waals surface area contributed by atoms with Crippen LogP contribution in [0.5, 0.6) is 0 Å². The van der Waals surface area contributed by atoms with Crippen LogP contribution in [0.2, 0.25) is 0 Å². The average molecular weight is 559 g/mol. The van der Waals surface area contributed by atoms with Crippen LogP contribution in [0, 0.1) is 11.7 Å². The molecule has 1 heterocycles. The second-order valence-corrected chi connectivity index (χ2v) is 10.1. The molecule has 0 aliphatic carbocycles. The highest BCUT2D eigenvalue weighted by Gasteiger charge is 2.24. The maximum Gasteiger partial charge on any atom is 0.211 e. The molecule has 0 spiro atoms. The molecule has 10 heteroatoms. The third kappa shape index (κ3) is 10.3. The zero-order valence-electron chi connectivity index (χ0n) is 17.1. The molecule has 0 radical (unpaired) electrons. The van der Waals surface area contributed by atoms with Crippen molar-refractivity contribution in [2.24, 2.45) is 10.9 Å². The van der Waals surface area contributed by atoms with Crippen molar-refractivity contribution in [3.8, 4) is 0 Å². The Morgan fingerprint density at radius 2 is 1.90 bits per heavy atom. The van der Waals surface area contributed by atoms with Crippen LogP contribution in [-0.4, -0.2) is 63.4 Å². The van der Waals surface area contributed by atoms with Gasteiger partial charge in [0, 0.05) is 37.6 Å². The van der Waals surface area contributed by atoms with Crippen LogP contribution < -0.4 is 10.6 Å². The number of benzene rings is 1. The number of nitrogens with one attached hydrogen (secondary N) is 2. The van der Waals surface area contributed by atoms with Gasteiger partial charge in [0.15, 0.2) is 5.96 Å². The van der Waals surface area contributed by atoms with E-state index in [1.54, 1.807) is 28.2 Å². The Labute approximate surface area is 195 Å². The number of sulfonamides is 1. The standard InChI is InChI=1S/C19H31FN4O2S2.HI/c1-3-21-19(22-11-4-14-27-18-7-5-17(20)6-8-18)23-15-16-9-12-24(13-10-16)28(2,25)26;/h5-8,16H,3-4,9-15H2,1-2H3,(H2,21,22,23);1H. The summed E-state index contributed by atoms with van der Waals surface area (Å²) in [5.74, 6) is 1.96. The third-order valence-electron chi connectivity index (χ3n) is 4.59. The highest BCUT2D eigenvalue weighted by atomic mass is 127. The van der Waals surface area contributed by atoms with Gasteiger partial charge in [0.25, 0.3) is 0 Å². The summed E-state index contributed by atoms with van der Waals surface area (Å²) in [7, 11) is -3.08. The van der Waals surface area contributed by atoms with Crippen molar-refractivity contribution >= 4 is 51.7 Å². The van der Waals surface area contributed by atoms with Gasteiger partial charge in [-0.1, -0.05) is 0 Å². The van der Waals surface area contributed by atoms with Gasteiger partial charge in [-0.2, -0.15) is 0 Å². The summed E-state index contributed by atoms with van der Waals surface area (Å²) in [4.78, 5) is 5.74. The zero-order valence-corrected chi connectivity index (χ0v) is 21.0. The molecular formula is C19H32FIN4O2S2. The molecule has 29 heavy (non-hydrogen) atoms. The van der Waals surface area contributed by atoms with Gasteiger partial charge in [0.2, 0.25) is 10.0 Å². The molecule has 2 rings (SSSR count). The van der Waals surface area contributed by atoms with E-state index in [-0.39, 0.29) is 29.8 Å². The quantitative estimate of drug-likeness (QED) is 0.160. The molecule has 2 N–H and O–H groups in total. The van der Waals surface area contributed by atoms with Gasteiger partial charge < -0.3 is 10.6 Å². The van der Waals surface area contributed by atoms with Crippen molar-refractivity contribution in [2.45, 2.75) is 31.1 Å². The molecule has 0 aromatic heterocycles. The van der Waals surface area contributed by atoms with E-state index >= 15 is 0 Å². The third-order valence-corrected chi connectivity index (χ3v) is 6.99. The van der Waals surface area contributed by atoms with Gasteiger partial charge in [-0.25, -0.2) is 17.1 Å². The van der Waals surface area contributed by atoms with Gasteiger partial charge in [-0.3, -0.25) is 4.99 Å². The molecule has 0 unspecified atom stereocenters. The zero-order chi connectivity index (χ0) is 20.4. The number of aliphatic imine (C=N–C) groups is 1. The number of hydrogen-bond donors (Lipinski definition) is 2. The largest absolute Gasteiger partial charge is 0.357 e. The van der Waals surface area contributed by atoms with E-state index < -0.39 is 10.0 Å². The van der Waals surface area contributed by atoms with Gasteiger partial charge in [0.1, 0.15) is 5.82 Å². The molecule has 6 nitrogen and oxygen atoms in total. The Hall–Kier alpha value is -0.590. The lowest BCUT2D eigenvalue weighted by molar-refractivity contribution is 0.280. The number of hydrogen-bond acceptors (Lipinski definition) is 4. The Morgan fingerprint density at radius 3 is 2.48 bits per heavy atom. The molecule has 166 valence electrons. The van der Waals surface area contributed by atoms with Crippen molar-refractivity contribution in [3.05, 3.63) is 30.1 Å². The molecule has 0 amide bonds. The van der Waals surface area contributed by atoms with Gasteiger partial charge >= 0.3 is 0 Å². The summed E-state index contributed by atoms with van der Waals surface area (Å²) >= 11 is 1.71. The fourth-order valence-corrected chi connectivity index (χ4v) is 4.71. The summed E-state index contributed by atoms with van der Waals surface area (Å²) in [6.45, 7) is 5.52. The Bertz CT molecular complexity index is 724. The van der Waals surface area contributed by atoms with E-state index in [4.69, 9.17) is 0 Å². The lowest BCUT2D eigenvalue weighted by atomic mass is 9.98. The first-order chi connectivity index (χ1) is 13.4. The minimum absolute atomic E-state index is 0. The van der Waals surface area contributed by atoms with Crippen LogP contribution in [0.15, 0.2) is 34.2 Å². The predicted molar refractivity (Wildman–Crippen MR) is 130 cm³/mol. The van der Waals surface area contributed by atoms with Crippen LogP contribution in [0.1, 0.15) is 26.2 Å². The molecule has 1 aromatic rings. The summed E-state index contributed by atoms with van der Waals surface area (Å²) in [6.07, 6.45) is 3.95. The van der Waals surface area contributed by atoms with E-state index in [1.165, 1.54) is 18.4 Å². The molecule has 0 atom stereocenters. The monoisotopic (exact) mass is 558 g/mol. The Morgan fingerprint density at radius 1 is 1.24 bits per heavy atom. The number of nitrogens with zero attached hydrogens (tertiary/aromatic N) is 2. The topological polar surface area (TPSA) is 73.8 Å². The fraction of sp³-hybridized carbons (Fsp3) is 0.632. The van der Waals surface area contributed by atoms with E-state index in [0.29, 0.717) is 25.6 Å². The lowest BCUT2D eigenvalue weighted by Gasteiger charge is -2.29. The van der Waals surface area contributed by atoms with Gasteiger partial charge in [-0.05, 0) is 62.1 Å². The molecule has 1 saturated heterocycles. The van der Waals surface area contributed by atoms with Crippen molar-refractivity contribution in [1.29, 1.82) is 0 Å². The second-order valence-electron chi connectivity index (χ2n) is 6.91. The minimum Gasteiger partial charge on any atom is -0.357 e. The number of piperidine rings is 1. The molecule has 1 aliphatic rings. The maximum absolute atomic E-state index is 12.9. The SMILES string of the molecule is CCNC(=NCC1CCN(S(C)(=O)=O)CC1)NCCCSc1ccc(F)cc1.I. The normalized spacial score (nSPS) is 16.3. The summed E-state index contributed by atoms with van der Waals surface area (Å²) < 4.78 is 37.6. The number of thioether (sulfide) groups is 1. The minimum atomic E-state index is -3.08. The summed E-state index contributed by atoms with van der Waals surface area (Å²) in [5.41, 5.74) is 0. The van der Waals surface area contributed by atoms with Crippen LogP contribution in [0.25, 0.3) is 0 Å². The molecular weight excluding hydrogens is 526 g/mol. The second kappa shape index (κ2) is 13.7. The Balaban J connectivity index is 0.00000420. The molecule has 1 fully saturated rings. The summed E-state index contributed by atoms with van der Waals surface area (Å²) in [5, 5.41) is 6.60. The first-order valence-electron chi connectivity index (χ1n) is 9.74. The van der Waals surface area contributed by atoms with E-state index in [2.05, 4.69) is 15.6 Å². The first-order valence-corrected chi connectivity index (χ1v) is 12.6. The average Bonchev–Trinajstić information content (AvgIpc) is 2.67. The number of halogens is 2. The molecule has 1 aliphatic heterocycles. The Kier molecular flexibility index (Phi) is 12.5. The van der Waals surface area contributed by atoms with Crippen LogP contribution in [0.4, 0.5) is 4.39 Å². The molecule has 0 saturated carbocycles. The predicted octanol–water partition coefficient (Wildman–Crippen LogP) is 3.15. The van der Waals surface area contributed by atoms with Crippen molar-refractivity contribution < 1.29 is 12.8 Å². The van der Waals surface area contributed by atoms with Crippen LogP contribution in [-0.2, 0) is 10.0 Å². The number of guanidine groups is 1. The molecule has 1 aromatic carbocycles. The highest BCUT2D eigenvalue weighted by Crippen LogP contribution is 2.20. The van der Waals surface area contributed by atoms with E-state index in [9.17, 15) is 12.8 Å². The lowest BCUT2D eigenvalue weighted by Crippen LogP contribution is -2.40. The number of rotatable bonds is 9. The van der Waals surface area contributed by atoms with Crippen molar-refractivity contribution in [1.82, 2.24) is 14.9 Å². The smallest absolute Gasteiger partial charge is 0.211 e. The van der Waals surface area contributed by atoms with Crippen LogP contribution in [0.3, 0.4) is 0 Å². The maximum atomic E-state index is 12.9. The van der Waals surface area contributed by atoms with E-state index in [1.807, 2.05) is 6.92 Å².